The second kappa shape index (κ2) is 9.75. The molecule has 1 heterocycles. The first kappa shape index (κ1) is 21.1. The highest BCUT2D eigenvalue weighted by Crippen LogP contribution is 2.22. The quantitative estimate of drug-likeness (QED) is 0.340. The third-order valence-electron chi connectivity index (χ3n) is 3.95. The lowest BCUT2D eigenvalue weighted by Gasteiger charge is -2.14. The molecule has 0 unspecified atom stereocenters. The van der Waals surface area contributed by atoms with Crippen molar-refractivity contribution in [3.63, 3.8) is 0 Å². The molecule has 0 bridgehead atoms. The molecule has 3 rings (SSSR count). The number of nitrogens with one attached hydrogen (secondary N) is 1. The zero-order valence-electron chi connectivity index (χ0n) is 16.2. The average molecular weight is 424 g/mol. The maximum Gasteiger partial charge on any atom is 0.338 e. The van der Waals surface area contributed by atoms with E-state index in [0.717, 1.165) is 17.4 Å². The SMILES string of the molecule is CCOC(=O)c1ccc(NC(=O)CSc2nc(=O)cc(N)n2-c2ccccc2)cc1. The number of nitrogens with two attached hydrogens (primary N) is 1. The highest BCUT2D eigenvalue weighted by molar-refractivity contribution is 7.99. The summed E-state index contributed by atoms with van der Waals surface area (Å²) in [6, 6.07) is 16.8. The number of para-hydroxylation sites is 1. The first-order chi connectivity index (χ1) is 14.5. The van der Waals surface area contributed by atoms with Crippen molar-refractivity contribution in [1.29, 1.82) is 0 Å². The number of amides is 1. The zero-order chi connectivity index (χ0) is 21.5. The Morgan fingerprint density at radius 3 is 2.50 bits per heavy atom. The molecule has 8 nitrogen and oxygen atoms in total. The summed E-state index contributed by atoms with van der Waals surface area (Å²) < 4.78 is 6.55. The highest BCUT2D eigenvalue weighted by Gasteiger charge is 2.13. The van der Waals surface area contributed by atoms with Gasteiger partial charge in [-0.3, -0.25) is 14.2 Å². The maximum atomic E-state index is 12.4. The summed E-state index contributed by atoms with van der Waals surface area (Å²) >= 11 is 1.10. The van der Waals surface area contributed by atoms with E-state index in [9.17, 15) is 14.4 Å². The summed E-state index contributed by atoms with van der Waals surface area (Å²) in [6.07, 6.45) is 0. The summed E-state index contributed by atoms with van der Waals surface area (Å²) in [5.74, 6) is -0.459. The van der Waals surface area contributed by atoms with Gasteiger partial charge in [0.1, 0.15) is 5.82 Å². The molecular weight excluding hydrogens is 404 g/mol. The van der Waals surface area contributed by atoms with Crippen molar-refractivity contribution in [3.05, 3.63) is 76.6 Å². The van der Waals surface area contributed by atoms with E-state index in [0.29, 0.717) is 23.0 Å². The summed E-state index contributed by atoms with van der Waals surface area (Å²) in [4.78, 5) is 39.8. The third-order valence-corrected chi connectivity index (χ3v) is 4.89. The molecule has 0 radical (unpaired) electrons. The summed E-state index contributed by atoms with van der Waals surface area (Å²) in [5, 5.41) is 3.06. The van der Waals surface area contributed by atoms with Crippen molar-refractivity contribution in [1.82, 2.24) is 9.55 Å². The zero-order valence-corrected chi connectivity index (χ0v) is 17.0. The number of nitrogens with zero attached hydrogens (tertiary/aromatic N) is 2. The van der Waals surface area contributed by atoms with Crippen LogP contribution >= 0.6 is 11.8 Å². The summed E-state index contributed by atoms with van der Waals surface area (Å²) in [7, 11) is 0. The van der Waals surface area contributed by atoms with Crippen LogP contribution in [0.4, 0.5) is 11.5 Å². The monoisotopic (exact) mass is 424 g/mol. The van der Waals surface area contributed by atoms with Crippen LogP contribution in [0.2, 0.25) is 0 Å². The minimum Gasteiger partial charge on any atom is -0.462 e. The van der Waals surface area contributed by atoms with Crippen molar-refractivity contribution in [2.45, 2.75) is 12.1 Å². The number of nitrogen functional groups attached to an aromatic ring is 1. The van der Waals surface area contributed by atoms with Crippen LogP contribution in [0.1, 0.15) is 17.3 Å². The largest absolute Gasteiger partial charge is 0.462 e. The number of aromatic nitrogens is 2. The molecule has 30 heavy (non-hydrogen) atoms. The van der Waals surface area contributed by atoms with E-state index >= 15 is 0 Å². The van der Waals surface area contributed by atoms with Crippen molar-refractivity contribution < 1.29 is 14.3 Å². The molecule has 0 fully saturated rings. The van der Waals surface area contributed by atoms with Gasteiger partial charge in [-0.2, -0.15) is 4.98 Å². The predicted molar refractivity (Wildman–Crippen MR) is 116 cm³/mol. The van der Waals surface area contributed by atoms with Crippen molar-refractivity contribution in [3.8, 4) is 5.69 Å². The minimum absolute atomic E-state index is 0.0162. The van der Waals surface area contributed by atoms with Gasteiger partial charge < -0.3 is 15.8 Å². The van der Waals surface area contributed by atoms with Crippen LogP contribution in [0.15, 0.2) is 70.6 Å². The number of hydrogen-bond acceptors (Lipinski definition) is 7. The lowest BCUT2D eigenvalue weighted by Crippen LogP contribution is -2.19. The maximum absolute atomic E-state index is 12.4. The number of carbonyl (C=O) groups excluding carboxylic acids is 2. The Hall–Kier alpha value is -3.59. The van der Waals surface area contributed by atoms with E-state index in [1.54, 1.807) is 35.8 Å². The Bertz CT molecular complexity index is 1100. The molecule has 1 amide bonds. The smallest absolute Gasteiger partial charge is 0.338 e. The molecule has 0 aliphatic heterocycles. The fourth-order valence-electron chi connectivity index (χ4n) is 2.64. The van der Waals surface area contributed by atoms with E-state index in [4.69, 9.17) is 10.5 Å². The van der Waals surface area contributed by atoms with Crippen molar-refractivity contribution in [2.24, 2.45) is 0 Å². The van der Waals surface area contributed by atoms with E-state index < -0.39 is 11.5 Å². The fraction of sp³-hybridized carbons (Fsp3) is 0.143. The molecule has 0 atom stereocenters. The Morgan fingerprint density at radius 1 is 1.13 bits per heavy atom. The number of rotatable bonds is 7. The number of esters is 1. The standard InChI is InChI=1S/C21H20N4O4S/c1-2-29-20(28)14-8-10-15(11-9-14)23-19(27)13-30-21-24-18(26)12-17(22)25(21)16-6-4-3-5-7-16/h3-12H,2,13,22H2,1H3,(H,23,27). The van der Waals surface area contributed by atoms with Gasteiger partial charge in [0.2, 0.25) is 5.91 Å². The number of thioether (sulfide) groups is 1. The average Bonchev–Trinajstić information content (AvgIpc) is 2.73. The Morgan fingerprint density at radius 2 is 1.83 bits per heavy atom. The topological polar surface area (TPSA) is 116 Å². The molecule has 0 saturated heterocycles. The van der Waals surface area contributed by atoms with E-state index in [1.165, 1.54) is 6.07 Å². The molecule has 3 N–H and O–H groups in total. The van der Waals surface area contributed by atoms with Crippen molar-refractivity contribution >= 4 is 35.1 Å². The van der Waals surface area contributed by atoms with E-state index in [-0.39, 0.29) is 17.5 Å². The summed E-state index contributed by atoms with van der Waals surface area (Å²) in [5.41, 5.74) is 7.22. The normalized spacial score (nSPS) is 10.4. The van der Waals surface area contributed by atoms with Crippen LogP contribution in [0.3, 0.4) is 0 Å². The second-order valence-corrected chi connectivity index (χ2v) is 7.05. The van der Waals surface area contributed by atoms with Gasteiger partial charge in [-0.25, -0.2) is 4.79 Å². The molecule has 1 aromatic heterocycles. The van der Waals surface area contributed by atoms with Gasteiger partial charge in [0, 0.05) is 17.4 Å². The van der Waals surface area contributed by atoms with Crippen LogP contribution in [0, 0.1) is 0 Å². The van der Waals surface area contributed by atoms with Crippen LogP contribution in [-0.4, -0.2) is 33.8 Å². The van der Waals surface area contributed by atoms with Crippen LogP contribution in [0.25, 0.3) is 5.69 Å². The highest BCUT2D eigenvalue weighted by atomic mass is 32.2. The lowest BCUT2D eigenvalue weighted by molar-refractivity contribution is -0.113. The first-order valence-corrected chi connectivity index (χ1v) is 10.1. The molecule has 0 saturated carbocycles. The van der Waals surface area contributed by atoms with Gasteiger partial charge >= 0.3 is 5.97 Å². The van der Waals surface area contributed by atoms with Crippen molar-refractivity contribution in [2.75, 3.05) is 23.4 Å². The van der Waals surface area contributed by atoms with Crippen LogP contribution in [-0.2, 0) is 9.53 Å². The lowest BCUT2D eigenvalue weighted by atomic mass is 10.2. The van der Waals surface area contributed by atoms with Gasteiger partial charge in [-0.05, 0) is 43.3 Å². The molecule has 0 aliphatic rings. The molecule has 154 valence electrons. The predicted octanol–water partition coefficient (Wildman–Crippen LogP) is 2.72. The molecule has 9 heteroatoms. The van der Waals surface area contributed by atoms with Gasteiger partial charge in [-0.15, -0.1) is 0 Å². The number of carbonyl (C=O) groups is 2. The van der Waals surface area contributed by atoms with E-state index in [1.807, 2.05) is 30.3 Å². The molecular formula is C21H20N4O4S. The Labute approximate surface area is 177 Å². The van der Waals surface area contributed by atoms with E-state index in [2.05, 4.69) is 10.3 Å². The van der Waals surface area contributed by atoms with Gasteiger partial charge in [0.15, 0.2) is 5.16 Å². The van der Waals surface area contributed by atoms with Crippen LogP contribution in [0.5, 0.6) is 0 Å². The number of benzene rings is 2. The molecule has 0 aliphatic carbocycles. The van der Waals surface area contributed by atoms with Gasteiger partial charge in [0.05, 0.1) is 17.9 Å². The minimum atomic E-state index is -0.475. The summed E-state index contributed by atoms with van der Waals surface area (Å²) in [6.45, 7) is 2.03. The number of ether oxygens (including phenoxy) is 1. The Kier molecular flexibility index (Phi) is 6.87. The number of hydrogen-bond donors (Lipinski definition) is 2. The third kappa shape index (κ3) is 5.26. The van der Waals surface area contributed by atoms with Gasteiger partial charge in [0.25, 0.3) is 5.56 Å². The number of anilines is 2. The van der Waals surface area contributed by atoms with Crippen LogP contribution < -0.4 is 16.6 Å². The molecule has 3 aromatic rings. The second-order valence-electron chi connectivity index (χ2n) is 6.11. The Balaban J connectivity index is 1.69. The fourth-order valence-corrected chi connectivity index (χ4v) is 3.47. The molecule has 2 aromatic carbocycles. The van der Waals surface area contributed by atoms with Gasteiger partial charge in [-0.1, -0.05) is 30.0 Å². The molecule has 0 spiro atoms. The first-order valence-electron chi connectivity index (χ1n) is 9.12.